The van der Waals surface area contributed by atoms with E-state index in [1.807, 2.05) is 66.2 Å². The molecule has 0 saturated carbocycles. The number of nitrogens with one attached hydrogen (secondary N) is 5. The van der Waals surface area contributed by atoms with Gasteiger partial charge in [0, 0.05) is 161 Å². The van der Waals surface area contributed by atoms with Crippen LogP contribution in [-0.4, -0.2) is 190 Å². The van der Waals surface area contributed by atoms with Crippen LogP contribution in [0.15, 0.2) is 110 Å². The Bertz CT molecular complexity index is 4610. The predicted molar refractivity (Wildman–Crippen MR) is 380 cm³/mol. The number of amides is 2. The summed E-state index contributed by atoms with van der Waals surface area (Å²) in [5.41, 5.74) is 11.1. The molecule has 0 radical (unpaired) electrons. The number of rotatable bonds is 9. The molecule has 530 valence electrons. The lowest BCUT2D eigenvalue weighted by Crippen LogP contribution is -2.40. The molecule has 2 amide bonds. The number of carbonyl (C=O) groups is 2. The summed E-state index contributed by atoms with van der Waals surface area (Å²) >= 11 is 0. The summed E-state index contributed by atoms with van der Waals surface area (Å²) < 4.78 is 125. The molecule has 0 bridgehead atoms. The number of H-pyrrole nitrogens is 3. The normalized spacial score (nSPS) is 20.6. The van der Waals surface area contributed by atoms with Crippen LogP contribution in [0.25, 0.3) is 32.7 Å². The van der Waals surface area contributed by atoms with Crippen molar-refractivity contribution >= 4 is 96.0 Å². The Hall–Kier alpha value is -7.69. The summed E-state index contributed by atoms with van der Waals surface area (Å²) in [5, 5.41) is 18.5. The third-order valence-electron chi connectivity index (χ3n) is 20.8. The molecule has 99 heavy (non-hydrogen) atoms. The van der Waals surface area contributed by atoms with Gasteiger partial charge < -0.3 is 30.5 Å². The Morgan fingerprint density at radius 2 is 0.939 bits per heavy atom. The monoisotopic (exact) mass is 1440 g/mol. The Morgan fingerprint density at radius 3 is 1.45 bits per heavy atom. The van der Waals surface area contributed by atoms with Crippen LogP contribution in [0, 0.1) is 34.8 Å². The highest BCUT2D eigenvalue weighted by Gasteiger charge is 2.40. The maximum atomic E-state index is 13.2. The Balaban J connectivity index is 0.000000125. The van der Waals surface area contributed by atoms with Crippen LogP contribution in [0.4, 0.5) is 20.2 Å². The van der Waals surface area contributed by atoms with Crippen molar-refractivity contribution < 1.29 is 52.0 Å². The van der Waals surface area contributed by atoms with E-state index in [1.54, 1.807) is 56.5 Å². The predicted octanol–water partition coefficient (Wildman–Crippen LogP) is 9.71. The zero-order valence-electron chi connectivity index (χ0n) is 56.3. The molecule has 0 spiro atoms. The van der Waals surface area contributed by atoms with Gasteiger partial charge in [-0.15, -0.1) is 0 Å². The molecule has 7 aliphatic rings. The lowest BCUT2D eigenvalue weighted by molar-refractivity contribution is -0.130. The molecule has 2 unspecified atom stereocenters. The van der Waals surface area contributed by atoms with E-state index in [9.17, 15) is 52.0 Å². The van der Waals surface area contributed by atoms with Gasteiger partial charge in [0.2, 0.25) is 51.9 Å². The number of sulfonamides is 4. The SMILES string of the molecule is CC(=O)N1CCC(C2CNc3cc(F)ccc32)CC1.CS(=O)(=O)N1CCC(C2C(=O)Nc3cc(F)ccc32)CC1.CS(=O)(=O)N1CCC(c2c[nH]c3ccc(C#N)cc23)CC1.CS(=O)(=O)N1CCC(c2c[nH]c3ccncc23)CC1.CS(=O)(=O)N1CCC(c2c[nH]c3cnccc23)CC1. The van der Waals surface area contributed by atoms with Crippen molar-refractivity contribution in [3.63, 3.8) is 0 Å². The van der Waals surface area contributed by atoms with Crippen LogP contribution in [0.5, 0.6) is 0 Å². The molecule has 5 aromatic heterocycles. The number of benzene rings is 3. The lowest BCUT2D eigenvalue weighted by Gasteiger charge is -2.34. The van der Waals surface area contributed by atoms with E-state index in [-0.39, 0.29) is 35.3 Å². The van der Waals surface area contributed by atoms with Crippen LogP contribution in [-0.2, 0) is 49.7 Å². The second-order valence-electron chi connectivity index (χ2n) is 27.0. The summed E-state index contributed by atoms with van der Waals surface area (Å²) in [6, 6.07) is 21.2. The van der Waals surface area contributed by atoms with Gasteiger partial charge in [-0.3, -0.25) is 19.6 Å². The first-order chi connectivity index (χ1) is 47.1. The van der Waals surface area contributed by atoms with Crippen molar-refractivity contribution in [3.05, 3.63) is 155 Å². The fourth-order valence-corrected chi connectivity index (χ4v) is 18.8. The maximum absolute atomic E-state index is 13.2. The molecule has 15 rings (SSSR count). The molecule has 7 aliphatic heterocycles. The van der Waals surface area contributed by atoms with E-state index in [1.165, 1.54) is 69.1 Å². The van der Waals surface area contributed by atoms with Crippen LogP contribution >= 0.6 is 0 Å². The van der Waals surface area contributed by atoms with E-state index >= 15 is 0 Å². The summed E-state index contributed by atoms with van der Waals surface area (Å²) in [4.78, 5) is 43.4. The Morgan fingerprint density at radius 1 is 0.495 bits per heavy atom. The second-order valence-corrected chi connectivity index (χ2v) is 34.9. The molecular formula is C70H87F2N13O10S4. The maximum Gasteiger partial charge on any atom is 0.232 e. The molecule has 0 aliphatic carbocycles. The van der Waals surface area contributed by atoms with Gasteiger partial charge in [-0.25, -0.2) is 59.7 Å². The molecule has 12 heterocycles. The number of hydrogen-bond acceptors (Lipinski definition) is 14. The third kappa shape index (κ3) is 17.4. The lowest BCUT2D eigenvalue weighted by atomic mass is 9.81. The zero-order valence-corrected chi connectivity index (χ0v) is 59.6. The summed E-state index contributed by atoms with van der Waals surface area (Å²) in [5.74, 6) is 1.52. The number of nitriles is 1. The smallest absolute Gasteiger partial charge is 0.232 e. The first kappa shape index (κ1) is 72.6. The van der Waals surface area contributed by atoms with E-state index < -0.39 is 40.1 Å². The number of hydrogen-bond donors (Lipinski definition) is 5. The minimum atomic E-state index is -3.17. The largest absolute Gasteiger partial charge is 0.384 e. The number of piperidine rings is 5. The van der Waals surface area contributed by atoms with Gasteiger partial charge in [-0.2, -0.15) is 5.26 Å². The van der Waals surface area contributed by atoms with Crippen molar-refractivity contribution in [3.8, 4) is 6.07 Å². The molecular weight excluding hydrogens is 1350 g/mol. The van der Waals surface area contributed by atoms with E-state index in [2.05, 4.69) is 41.6 Å². The number of aromatic amines is 3. The molecule has 5 fully saturated rings. The van der Waals surface area contributed by atoms with Crippen LogP contribution in [0.1, 0.15) is 134 Å². The number of halogens is 2. The van der Waals surface area contributed by atoms with Crippen LogP contribution < -0.4 is 10.6 Å². The van der Waals surface area contributed by atoms with Crippen LogP contribution in [0.2, 0.25) is 0 Å². The van der Waals surface area contributed by atoms with E-state index in [4.69, 9.17) is 5.26 Å². The first-order valence-corrected chi connectivity index (χ1v) is 41.0. The van der Waals surface area contributed by atoms with Gasteiger partial charge in [-0.1, -0.05) is 12.1 Å². The molecule has 29 heteroatoms. The highest BCUT2D eigenvalue weighted by molar-refractivity contribution is 7.89. The van der Waals surface area contributed by atoms with E-state index in [0.717, 1.165) is 110 Å². The summed E-state index contributed by atoms with van der Waals surface area (Å²) in [7, 11) is -12.4. The van der Waals surface area contributed by atoms with E-state index in [0.29, 0.717) is 106 Å². The molecule has 8 aromatic rings. The van der Waals surface area contributed by atoms with Gasteiger partial charge >= 0.3 is 0 Å². The number of fused-ring (bicyclic) bond motifs is 5. The van der Waals surface area contributed by atoms with Crippen molar-refractivity contribution in [1.82, 2.24) is 47.0 Å². The van der Waals surface area contributed by atoms with Gasteiger partial charge in [0.15, 0.2) is 0 Å². The molecule has 3 aromatic carbocycles. The second kappa shape index (κ2) is 30.6. The topological polar surface area (TPSA) is 308 Å². The summed E-state index contributed by atoms with van der Waals surface area (Å²) in [6.07, 6.45) is 26.9. The number of anilines is 2. The van der Waals surface area contributed by atoms with Gasteiger partial charge in [0.05, 0.1) is 54.3 Å². The molecule has 2 atom stereocenters. The highest BCUT2D eigenvalue weighted by atomic mass is 32.2. The van der Waals surface area contributed by atoms with Crippen molar-refractivity contribution in [2.75, 3.05) is 108 Å². The highest BCUT2D eigenvalue weighted by Crippen LogP contribution is 2.44. The number of pyridine rings is 2. The Labute approximate surface area is 578 Å². The minimum absolute atomic E-state index is 0.0923. The van der Waals surface area contributed by atoms with Gasteiger partial charge in [0.1, 0.15) is 11.6 Å². The quantitative estimate of drug-likeness (QED) is 0.0898. The first-order valence-electron chi connectivity index (χ1n) is 33.6. The fourth-order valence-electron chi connectivity index (χ4n) is 15.3. The van der Waals surface area contributed by atoms with Crippen molar-refractivity contribution in [2.24, 2.45) is 11.8 Å². The standard InChI is InChI=1S/C15H19FN2O.C15H17N3O2S.C14H17FN2O3S.2C13H17N3O2S/c1-10(19)18-6-4-11(5-7-18)14-9-17-15-8-12(16)2-3-13(14)15;1-21(19,20)18-6-4-12(5-7-18)14-10-17-15-3-2-11(9-16)8-13(14)15;1-21(19,20)17-6-4-9(5-7-17)13-11-3-2-10(15)8-12(11)16-14(13)18;1-19(17,18)16-6-3-10(4-7-16)11-9-15-13-2-5-14-8-12(11)13;1-19(17,18)16-6-3-10(4-7-16)12-8-15-13-9-14-5-2-11(12)13/h2-3,8,11,14,17H,4-7,9H2,1H3;2-3,8,10,12,17H,4-7H2,1H3;2-3,8-9,13H,4-7H2,1H3,(H,16,18);2*2,5,8-10,15H,3-4,6-7H2,1H3. The Kier molecular flexibility index (Phi) is 22.5. The number of nitrogens with zero attached hydrogens (tertiary/aromatic N) is 8. The van der Waals surface area contributed by atoms with Gasteiger partial charge in [0.25, 0.3) is 0 Å². The minimum Gasteiger partial charge on any atom is -0.384 e. The molecule has 23 nitrogen and oxygen atoms in total. The van der Waals surface area contributed by atoms with Crippen molar-refractivity contribution in [1.29, 1.82) is 5.26 Å². The van der Waals surface area contributed by atoms with Gasteiger partial charge in [-0.05, 0) is 176 Å². The molecule has 5 saturated heterocycles. The third-order valence-corrected chi connectivity index (χ3v) is 26.0. The van der Waals surface area contributed by atoms with Crippen LogP contribution in [0.3, 0.4) is 0 Å². The number of aromatic nitrogens is 5. The average Bonchev–Trinajstić information content (AvgIpc) is 1.66. The number of likely N-dealkylation sites (tertiary alicyclic amines) is 1. The fraction of sp³-hybridized carbons (Fsp3) is 0.471. The van der Waals surface area contributed by atoms with Crippen molar-refractivity contribution in [2.45, 2.75) is 101 Å². The zero-order chi connectivity index (χ0) is 70.6. The average molecular weight is 1440 g/mol. The summed E-state index contributed by atoms with van der Waals surface area (Å²) in [6.45, 7) is 8.67. The molecule has 5 N–H and O–H groups in total. The number of carbonyl (C=O) groups excluding carboxylic acids is 2.